The number of halogens is 2. The van der Waals surface area contributed by atoms with Crippen LogP contribution in [0.2, 0.25) is 23.2 Å². The van der Waals surface area contributed by atoms with Crippen LogP contribution in [0, 0.1) is 5.82 Å². The number of carbonyl (C=O) groups is 1. The van der Waals surface area contributed by atoms with E-state index in [2.05, 4.69) is 45.8 Å². The third-order valence-corrected chi connectivity index (χ3v) is 15.0. The summed E-state index contributed by atoms with van der Waals surface area (Å²) in [5.41, 5.74) is 5.87. The lowest BCUT2D eigenvalue weighted by molar-refractivity contribution is 0.0519. The highest BCUT2D eigenvalue weighted by molar-refractivity contribution is 6.74. The van der Waals surface area contributed by atoms with Gasteiger partial charge in [0.05, 0.1) is 42.7 Å². The fourth-order valence-electron chi connectivity index (χ4n) is 6.46. The molecule has 0 aliphatic carbocycles. The summed E-state index contributed by atoms with van der Waals surface area (Å²) in [6.45, 7) is 17.5. The number of aromatic amines is 1. The maximum absolute atomic E-state index is 13.8. The third-order valence-electron chi connectivity index (χ3n) is 10.2. The summed E-state index contributed by atoms with van der Waals surface area (Å²) in [4.78, 5) is 16.8. The molecule has 0 unspecified atom stereocenters. The third kappa shape index (κ3) is 8.73. The Balaban J connectivity index is 1.37. The Morgan fingerprint density at radius 3 is 2.44 bits per heavy atom. The highest BCUT2D eigenvalue weighted by atomic mass is 35.5. The van der Waals surface area contributed by atoms with E-state index in [0.29, 0.717) is 62.2 Å². The molecule has 280 valence electrons. The average Bonchev–Trinajstić information content (AvgIpc) is 3.61. The molecule has 0 bridgehead atoms. The van der Waals surface area contributed by atoms with Crippen molar-refractivity contribution in [1.29, 1.82) is 0 Å². The van der Waals surface area contributed by atoms with Gasteiger partial charge in [-0.1, -0.05) is 57.5 Å². The molecule has 11 heteroatoms. The molecule has 1 N–H and O–H groups in total. The Labute approximate surface area is 313 Å². The van der Waals surface area contributed by atoms with Gasteiger partial charge in [-0.15, -0.1) is 0 Å². The summed E-state index contributed by atoms with van der Waals surface area (Å²) in [5.74, 6) is -0.00591. The second kappa shape index (κ2) is 17.0. The highest BCUT2D eigenvalue weighted by Gasteiger charge is 2.37. The van der Waals surface area contributed by atoms with Gasteiger partial charge in [0.1, 0.15) is 17.3 Å². The number of hydrogen-bond donors (Lipinski definition) is 1. The summed E-state index contributed by atoms with van der Waals surface area (Å²) in [7, 11) is 0.154. The first-order valence-corrected chi connectivity index (χ1v) is 21.6. The fraction of sp³-hybridized carbons (Fsp3) is 0.463. The van der Waals surface area contributed by atoms with Crippen LogP contribution in [-0.4, -0.2) is 62.1 Å². The Morgan fingerprint density at radius 2 is 1.71 bits per heavy atom. The van der Waals surface area contributed by atoms with Crippen LogP contribution in [0.25, 0.3) is 32.8 Å². The van der Waals surface area contributed by atoms with E-state index in [9.17, 15) is 9.18 Å². The number of H-pyrrole nitrogens is 1. The summed E-state index contributed by atoms with van der Waals surface area (Å²) < 4.78 is 39.7. The topological polar surface area (TPSA) is 87.6 Å². The smallest absolute Gasteiger partial charge is 0.355 e. The number of aryl methyl sites for hydroxylation is 3. The van der Waals surface area contributed by atoms with Crippen molar-refractivity contribution < 1.29 is 27.8 Å². The number of hydrogen-bond acceptors (Lipinski definition) is 6. The summed E-state index contributed by atoms with van der Waals surface area (Å²) in [6.07, 6.45) is 3.44. The van der Waals surface area contributed by atoms with Gasteiger partial charge in [-0.2, -0.15) is 5.10 Å². The van der Waals surface area contributed by atoms with Crippen molar-refractivity contribution in [3.63, 3.8) is 0 Å². The molecule has 0 atom stereocenters. The summed E-state index contributed by atoms with van der Waals surface area (Å²) in [6, 6.07) is 14.2. The zero-order chi connectivity index (χ0) is 37.6. The van der Waals surface area contributed by atoms with Gasteiger partial charge in [-0.05, 0) is 98.4 Å². The largest absolute Gasteiger partial charge is 0.493 e. The normalized spacial score (nSPS) is 12.3. The lowest BCUT2D eigenvalue weighted by Crippen LogP contribution is -2.41. The van der Waals surface area contributed by atoms with Gasteiger partial charge >= 0.3 is 5.97 Å². The SMILES string of the molecule is CCOC(=O)c1[nH]c2c(-c3c(CCCOCCO[Si](C)(C)C(C)(C)C)nn(C)c3CC)c(Cl)ccc2c1CCCOc1cccc2cc(F)ccc12. The van der Waals surface area contributed by atoms with Crippen molar-refractivity contribution >= 4 is 47.6 Å². The van der Waals surface area contributed by atoms with Crippen LogP contribution in [0.4, 0.5) is 4.39 Å². The molecular weight excluding hydrogens is 697 g/mol. The van der Waals surface area contributed by atoms with Gasteiger partial charge in [0, 0.05) is 41.2 Å². The number of aromatic nitrogens is 3. The first kappa shape index (κ1) is 39.5. The average molecular weight is 750 g/mol. The number of rotatable bonds is 17. The highest BCUT2D eigenvalue weighted by Crippen LogP contribution is 2.41. The van der Waals surface area contributed by atoms with E-state index in [1.54, 1.807) is 13.0 Å². The molecule has 0 aliphatic heterocycles. The summed E-state index contributed by atoms with van der Waals surface area (Å²) in [5, 5.41) is 8.23. The number of benzene rings is 3. The predicted octanol–water partition coefficient (Wildman–Crippen LogP) is 10.2. The molecular formula is C41H53ClFN3O5Si. The molecule has 0 saturated carbocycles. The molecule has 5 aromatic rings. The van der Waals surface area contributed by atoms with Crippen molar-refractivity contribution in [2.45, 2.75) is 84.9 Å². The number of nitrogens with one attached hydrogen (secondary N) is 1. The Morgan fingerprint density at radius 1 is 0.962 bits per heavy atom. The zero-order valence-corrected chi connectivity index (χ0v) is 33.6. The molecule has 2 aromatic heterocycles. The molecule has 5 rings (SSSR count). The molecule has 2 heterocycles. The van der Waals surface area contributed by atoms with Crippen molar-refractivity contribution in [1.82, 2.24) is 14.8 Å². The van der Waals surface area contributed by atoms with Crippen LogP contribution in [0.3, 0.4) is 0 Å². The minimum absolute atomic E-state index is 0.163. The van der Waals surface area contributed by atoms with E-state index in [-0.39, 0.29) is 17.5 Å². The fourth-order valence-corrected chi connectivity index (χ4v) is 7.74. The van der Waals surface area contributed by atoms with E-state index >= 15 is 0 Å². The zero-order valence-electron chi connectivity index (χ0n) is 31.9. The molecule has 3 aromatic carbocycles. The lowest BCUT2D eigenvalue weighted by Gasteiger charge is -2.36. The minimum Gasteiger partial charge on any atom is -0.493 e. The van der Waals surface area contributed by atoms with Crippen LogP contribution in [-0.2, 0) is 40.2 Å². The lowest BCUT2D eigenvalue weighted by atomic mass is 9.96. The second-order valence-electron chi connectivity index (χ2n) is 14.7. The van der Waals surface area contributed by atoms with Gasteiger partial charge in [-0.3, -0.25) is 4.68 Å². The summed E-state index contributed by atoms with van der Waals surface area (Å²) >= 11 is 7.04. The van der Waals surface area contributed by atoms with E-state index in [1.807, 2.05) is 42.1 Å². The first-order chi connectivity index (χ1) is 24.8. The standard InChI is InChI=1S/C41H53ClFN3O5Si/c1-9-34-37(33(45-46(34)6)16-13-22-48-24-25-51-52(7,8)41(3,4)5)36-32(42)21-20-31-30(39(44-38(31)36)40(47)49-10-2)15-12-23-50-35-17-11-14-27-26-28(43)18-19-29(27)35/h11,14,17-21,26,44H,9-10,12-13,15-16,22-25H2,1-8H3. The molecule has 0 fully saturated rings. The Kier molecular flexibility index (Phi) is 12.9. The molecule has 0 amide bonds. The van der Waals surface area contributed by atoms with Crippen molar-refractivity contribution in [2.75, 3.05) is 33.0 Å². The number of carbonyl (C=O) groups excluding carboxylic acids is 1. The van der Waals surface area contributed by atoms with Crippen LogP contribution in [0.15, 0.2) is 48.5 Å². The maximum atomic E-state index is 13.8. The number of esters is 1. The Bertz CT molecular complexity index is 2020. The van der Waals surface area contributed by atoms with Gasteiger partial charge in [-0.25, -0.2) is 9.18 Å². The predicted molar refractivity (Wildman–Crippen MR) is 211 cm³/mol. The molecule has 0 radical (unpaired) electrons. The number of nitrogens with zero attached hydrogens (tertiary/aromatic N) is 2. The van der Waals surface area contributed by atoms with E-state index in [1.165, 1.54) is 12.1 Å². The van der Waals surface area contributed by atoms with E-state index < -0.39 is 14.3 Å². The minimum atomic E-state index is -1.81. The van der Waals surface area contributed by atoms with Crippen LogP contribution >= 0.6 is 11.6 Å². The van der Waals surface area contributed by atoms with Gasteiger partial charge in [0.15, 0.2) is 8.32 Å². The van der Waals surface area contributed by atoms with E-state index in [0.717, 1.165) is 62.6 Å². The van der Waals surface area contributed by atoms with Crippen LogP contribution in [0.5, 0.6) is 5.75 Å². The van der Waals surface area contributed by atoms with Gasteiger partial charge in [0.2, 0.25) is 0 Å². The van der Waals surface area contributed by atoms with E-state index in [4.69, 9.17) is 35.3 Å². The van der Waals surface area contributed by atoms with Crippen LogP contribution < -0.4 is 4.74 Å². The monoisotopic (exact) mass is 749 g/mol. The molecule has 0 saturated heterocycles. The Hall–Kier alpha value is -3.70. The second-order valence-corrected chi connectivity index (χ2v) is 19.9. The van der Waals surface area contributed by atoms with Gasteiger partial charge in [0.25, 0.3) is 0 Å². The van der Waals surface area contributed by atoms with Crippen molar-refractivity contribution in [3.8, 4) is 16.9 Å². The number of ether oxygens (including phenoxy) is 3. The van der Waals surface area contributed by atoms with Crippen LogP contribution in [0.1, 0.15) is 74.9 Å². The number of fused-ring (bicyclic) bond motifs is 2. The van der Waals surface area contributed by atoms with Crippen molar-refractivity contribution in [2.24, 2.45) is 7.05 Å². The molecule has 0 aliphatic rings. The molecule has 52 heavy (non-hydrogen) atoms. The van der Waals surface area contributed by atoms with Crippen molar-refractivity contribution in [3.05, 3.63) is 82.0 Å². The molecule has 0 spiro atoms. The van der Waals surface area contributed by atoms with Gasteiger partial charge < -0.3 is 23.6 Å². The quantitative estimate of drug-likeness (QED) is 0.0579. The first-order valence-electron chi connectivity index (χ1n) is 18.3. The molecule has 8 nitrogen and oxygen atoms in total. The maximum Gasteiger partial charge on any atom is 0.355 e.